The van der Waals surface area contributed by atoms with Gasteiger partial charge in [-0.2, -0.15) is 0 Å². The second kappa shape index (κ2) is 6.62. The van der Waals surface area contributed by atoms with Crippen molar-refractivity contribution in [3.8, 4) is 0 Å². The van der Waals surface area contributed by atoms with Gasteiger partial charge in [-0.15, -0.1) is 0 Å². The number of anilines is 1. The predicted octanol–water partition coefficient (Wildman–Crippen LogP) is 3.83. The molecule has 1 aromatic heterocycles. The van der Waals surface area contributed by atoms with E-state index in [4.69, 9.17) is 6.57 Å². The summed E-state index contributed by atoms with van der Waals surface area (Å²) in [5.41, 5.74) is 1.46. The highest BCUT2D eigenvalue weighted by Gasteiger charge is 2.43. The van der Waals surface area contributed by atoms with Crippen LogP contribution in [0.15, 0.2) is 24.5 Å². The molecule has 0 radical (unpaired) electrons. The van der Waals surface area contributed by atoms with Gasteiger partial charge in [0.05, 0.1) is 18.6 Å². The van der Waals surface area contributed by atoms with Crippen LogP contribution in [-0.4, -0.2) is 21.2 Å². The zero-order chi connectivity index (χ0) is 19.1. The lowest BCUT2D eigenvalue weighted by atomic mass is 9.97. The molecule has 2 unspecified atom stereocenters. The predicted molar refractivity (Wildman–Crippen MR) is 97.0 cm³/mol. The van der Waals surface area contributed by atoms with Crippen molar-refractivity contribution in [1.29, 1.82) is 0 Å². The molecule has 1 amide bonds. The molecule has 0 saturated heterocycles. The van der Waals surface area contributed by atoms with Crippen molar-refractivity contribution < 1.29 is 14.0 Å². The topological polar surface area (TPSA) is 68.3 Å². The molecule has 138 valence electrons. The number of Topliss-reactive ketones (excluding diaryl/α,β-unsaturated/α-hetero) is 1. The highest BCUT2D eigenvalue weighted by molar-refractivity contribution is 6.04. The van der Waals surface area contributed by atoms with Crippen LogP contribution >= 0.6 is 0 Å². The summed E-state index contributed by atoms with van der Waals surface area (Å²) in [6, 6.07) is 3.92. The minimum atomic E-state index is -0.615. The fourth-order valence-corrected chi connectivity index (χ4v) is 4.49. The average molecular weight is 366 g/mol. The first-order valence-electron chi connectivity index (χ1n) is 8.97. The van der Waals surface area contributed by atoms with E-state index in [1.165, 1.54) is 18.2 Å². The highest BCUT2D eigenvalue weighted by atomic mass is 19.1. The summed E-state index contributed by atoms with van der Waals surface area (Å²) in [4.78, 5) is 32.1. The number of benzene rings is 1. The normalized spacial score (nSPS) is 23.9. The number of imidazole rings is 1. The molecule has 4 rings (SSSR count). The maximum atomic E-state index is 13.5. The summed E-state index contributed by atoms with van der Waals surface area (Å²) in [5.74, 6) is 0.367. The number of hydrogen-bond acceptors (Lipinski definition) is 3. The lowest BCUT2D eigenvalue weighted by Crippen LogP contribution is -2.18. The van der Waals surface area contributed by atoms with Crippen LogP contribution in [0.25, 0.3) is 4.85 Å². The van der Waals surface area contributed by atoms with Gasteiger partial charge < -0.3 is 9.88 Å². The molecule has 1 N–H and O–H groups in total. The largest absolute Gasteiger partial charge is 0.329 e. The molecule has 7 heteroatoms. The molecule has 6 nitrogen and oxygen atoms in total. The van der Waals surface area contributed by atoms with Crippen LogP contribution in [0.5, 0.6) is 0 Å². The van der Waals surface area contributed by atoms with Gasteiger partial charge in [-0.3, -0.25) is 9.59 Å². The monoisotopic (exact) mass is 366 g/mol. The number of carbonyl (C=O) groups is 2. The van der Waals surface area contributed by atoms with Gasteiger partial charge in [-0.1, -0.05) is 0 Å². The van der Waals surface area contributed by atoms with Crippen molar-refractivity contribution in [2.45, 2.75) is 31.6 Å². The molecule has 0 bridgehead atoms. The molecule has 2 saturated carbocycles. The summed E-state index contributed by atoms with van der Waals surface area (Å²) >= 11 is 0. The highest BCUT2D eigenvalue weighted by Crippen LogP contribution is 2.49. The molecule has 1 heterocycles. The van der Waals surface area contributed by atoms with E-state index in [1.54, 1.807) is 17.9 Å². The minimum absolute atomic E-state index is 0.133. The summed E-state index contributed by atoms with van der Waals surface area (Å²) in [5, 5.41) is 2.74. The summed E-state index contributed by atoms with van der Waals surface area (Å²) in [6.07, 6.45) is 4.67. The number of nitrogens with zero attached hydrogens (tertiary/aromatic N) is 3. The minimum Gasteiger partial charge on any atom is -0.329 e. The van der Waals surface area contributed by atoms with E-state index >= 15 is 0 Å². The van der Waals surface area contributed by atoms with E-state index < -0.39 is 5.82 Å². The maximum Gasteiger partial charge on any atom is 0.274 e. The third-order valence-corrected chi connectivity index (χ3v) is 5.71. The van der Waals surface area contributed by atoms with E-state index in [1.807, 2.05) is 0 Å². The van der Waals surface area contributed by atoms with E-state index in [9.17, 15) is 14.0 Å². The second-order valence-electron chi connectivity index (χ2n) is 7.46. The molecule has 2 atom stereocenters. The number of hydrogen-bond donors (Lipinski definition) is 1. The smallest absolute Gasteiger partial charge is 0.274 e. The van der Waals surface area contributed by atoms with Crippen LogP contribution in [0.2, 0.25) is 0 Å². The molecule has 2 aliphatic rings. The summed E-state index contributed by atoms with van der Waals surface area (Å²) < 4.78 is 15.2. The van der Waals surface area contributed by atoms with Crippen LogP contribution in [0.4, 0.5) is 15.8 Å². The second-order valence-corrected chi connectivity index (χ2v) is 7.46. The Morgan fingerprint density at radius 2 is 2.04 bits per heavy atom. The Morgan fingerprint density at radius 3 is 2.70 bits per heavy atom. The van der Waals surface area contributed by atoms with Crippen LogP contribution < -0.4 is 5.32 Å². The van der Waals surface area contributed by atoms with Crippen LogP contribution in [-0.2, 0) is 11.8 Å². The Labute approximate surface area is 156 Å². The first-order valence-corrected chi connectivity index (χ1v) is 8.97. The Bertz CT molecular complexity index is 959. The molecule has 1 aromatic carbocycles. The number of fused-ring (bicyclic) bond motifs is 1. The molecule has 2 aliphatic carbocycles. The van der Waals surface area contributed by atoms with E-state index in [0.29, 0.717) is 41.8 Å². The van der Waals surface area contributed by atoms with Gasteiger partial charge in [0.2, 0.25) is 5.69 Å². The Hall–Kier alpha value is -3.01. The van der Waals surface area contributed by atoms with Crippen molar-refractivity contribution in [2.75, 3.05) is 5.32 Å². The molecular formula is C20H19FN4O2. The number of nitrogens with one attached hydrogen (secondary N) is 1. The van der Waals surface area contributed by atoms with Gasteiger partial charge in [0, 0.05) is 31.5 Å². The molecule has 0 spiro atoms. The first-order chi connectivity index (χ1) is 13.0. The van der Waals surface area contributed by atoms with Crippen molar-refractivity contribution in [3.63, 3.8) is 0 Å². The van der Waals surface area contributed by atoms with Crippen LogP contribution in [0, 0.1) is 24.2 Å². The van der Waals surface area contributed by atoms with Crippen molar-refractivity contribution in [2.24, 2.45) is 18.9 Å². The number of ketones is 1. The SMILES string of the molecule is [C-]#[N+]c1cc(NC(=O)c2c(C3CC4CC(=O)CC4C3)ncn2C)ccc1F. The van der Waals surface area contributed by atoms with E-state index in [-0.39, 0.29) is 17.5 Å². The summed E-state index contributed by atoms with van der Waals surface area (Å²) in [6.45, 7) is 6.99. The van der Waals surface area contributed by atoms with E-state index in [0.717, 1.165) is 18.5 Å². The first kappa shape index (κ1) is 17.4. The summed E-state index contributed by atoms with van der Waals surface area (Å²) in [7, 11) is 1.76. The number of rotatable bonds is 3. The molecule has 2 aromatic rings. The zero-order valence-electron chi connectivity index (χ0n) is 14.9. The van der Waals surface area contributed by atoms with Gasteiger partial charge in [-0.25, -0.2) is 14.2 Å². The van der Waals surface area contributed by atoms with Gasteiger partial charge >= 0.3 is 0 Å². The van der Waals surface area contributed by atoms with Crippen molar-refractivity contribution >= 4 is 23.1 Å². The standard InChI is InChI=1S/C20H19FN4O2/c1-22-17-9-14(3-4-16(17)21)24-20(27)19-18(23-10-25(19)2)13-5-11-7-15(26)8-12(11)6-13/h3-4,9-13H,5-8H2,2H3,(H,24,27). The third kappa shape index (κ3) is 3.12. The van der Waals surface area contributed by atoms with Crippen molar-refractivity contribution in [3.05, 3.63) is 53.1 Å². The van der Waals surface area contributed by atoms with Gasteiger partial charge in [0.1, 0.15) is 17.3 Å². The Morgan fingerprint density at radius 1 is 1.33 bits per heavy atom. The number of halogens is 1. The number of aryl methyl sites for hydroxylation is 1. The number of carbonyl (C=O) groups excluding carboxylic acids is 2. The lowest BCUT2D eigenvalue weighted by molar-refractivity contribution is -0.117. The van der Waals surface area contributed by atoms with Crippen LogP contribution in [0.3, 0.4) is 0 Å². The Kier molecular flexibility index (Phi) is 4.27. The maximum absolute atomic E-state index is 13.5. The van der Waals surface area contributed by atoms with Crippen molar-refractivity contribution in [1.82, 2.24) is 9.55 Å². The number of amides is 1. The molecule has 2 fully saturated rings. The molecular weight excluding hydrogens is 347 g/mol. The van der Waals surface area contributed by atoms with Crippen LogP contribution in [0.1, 0.15) is 47.8 Å². The van der Waals surface area contributed by atoms with Gasteiger partial charge in [0.25, 0.3) is 5.91 Å². The quantitative estimate of drug-likeness (QED) is 0.840. The molecule has 0 aliphatic heterocycles. The average Bonchev–Trinajstić information content (AvgIpc) is 3.28. The molecule has 27 heavy (non-hydrogen) atoms. The number of aromatic nitrogens is 2. The third-order valence-electron chi connectivity index (χ3n) is 5.71. The fourth-order valence-electron chi connectivity index (χ4n) is 4.49. The Balaban J connectivity index is 1.56. The lowest BCUT2D eigenvalue weighted by Gasteiger charge is -2.13. The van der Waals surface area contributed by atoms with E-state index in [2.05, 4.69) is 15.1 Å². The zero-order valence-corrected chi connectivity index (χ0v) is 14.9. The van der Waals surface area contributed by atoms with Gasteiger partial charge in [0.15, 0.2) is 0 Å². The van der Waals surface area contributed by atoms with Gasteiger partial charge in [-0.05, 0) is 42.9 Å². The fraction of sp³-hybridized carbons (Fsp3) is 0.400.